The SMILES string of the molecule is Cc1nn(C)c(Cl)c1CN(Cc1cccc(N)c1)C1CC1. The number of nitrogens with zero attached hydrogens (tertiary/aromatic N) is 3. The van der Waals surface area contributed by atoms with Crippen LogP contribution in [-0.2, 0) is 20.1 Å². The molecular weight excluding hydrogens is 284 g/mol. The van der Waals surface area contributed by atoms with Crippen molar-refractivity contribution < 1.29 is 0 Å². The molecule has 0 bridgehead atoms. The Bertz CT molecular complexity index is 646. The Morgan fingerprint density at radius 1 is 1.38 bits per heavy atom. The lowest BCUT2D eigenvalue weighted by Crippen LogP contribution is -2.25. The molecule has 1 aliphatic rings. The second-order valence-corrected chi connectivity index (χ2v) is 6.22. The molecule has 0 saturated heterocycles. The Labute approximate surface area is 130 Å². The Hall–Kier alpha value is -1.52. The molecule has 1 aromatic heterocycles. The van der Waals surface area contributed by atoms with Gasteiger partial charge in [0.05, 0.1) is 5.69 Å². The summed E-state index contributed by atoms with van der Waals surface area (Å²) in [6.45, 7) is 3.77. The van der Waals surface area contributed by atoms with E-state index in [0.29, 0.717) is 6.04 Å². The molecule has 5 heteroatoms. The molecule has 2 N–H and O–H groups in total. The van der Waals surface area contributed by atoms with Gasteiger partial charge in [-0.1, -0.05) is 23.7 Å². The summed E-state index contributed by atoms with van der Waals surface area (Å²) in [5, 5.41) is 5.14. The zero-order valence-corrected chi connectivity index (χ0v) is 13.3. The van der Waals surface area contributed by atoms with Gasteiger partial charge in [-0.15, -0.1) is 0 Å². The van der Waals surface area contributed by atoms with Gasteiger partial charge in [0.1, 0.15) is 5.15 Å². The maximum Gasteiger partial charge on any atom is 0.131 e. The Balaban J connectivity index is 1.79. The molecule has 1 heterocycles. The van der Waals surface area contributed by atoms with Gasteiger partial charge in [0.15, 0.2) is 0 Å². The average molecular weight is 305 g/mol. The van der Waals surface area contributed by atoms with Crippen molar-refractivity contribution in [3.05, 3.63) is 46.2 Å². The van der Waals surface area contributed by atoms with Crippen LogP contribution in [0.25, 0.3) is 0 Å². The molecule has 3 rings (SSSR count). The van der Waals surface area contributed by atoms with Crippen molar-refractivity contribution in [3.8, 4) is 0 Å². The molecule has 0 radical (unpaired) electrons. The van der Waals surface area contributed by atoms with Crippen LogP contribution < -0.4 is 5.73 Å². The van der Waals surface area contributed by atoms with Crippen molar-refractivity contribution in [3.63, 3.8) is 0 Å². The summed E-state index contributed by atoms with van der Waals surface area (Å²) in [6, 6.07) is 8.77. The topological polar surface area (TPSA) is 47.1 Å². The number of benzene rings is 1. The maximum atomic E-state index is 6.37. The van der Waals surface area contributed by atoms with Gasteiger partial charge in [0.2, 0.25) is 0 Å². The third-order valence-corrected chi connectivity index (χ3v) is 4.50. The fourth-order valence-corrected chi connectivity index (χ4v) is 2.97. The van der Waals surface area contributed by atoms with Crippen LogP contribution in [0, 0.1) is 6.92 Å². The van der Waals surface area contributed by atoms with Crippen molar-refractivity contribution in [2.75, 3.05) is 5.73 Å². The van der Waals surface area contributed by atoms with Crippen molar-refractivity contribution in [1.82, 2.24) is 14.7 Å². The van der Waals surface area contributed by atoms with E-state index in [1.54, 1.807) is 4.68 Å². The van der Waals surface area contributed by atoms with Gasteiger partial charge >= 0.3 is 0 Å². The molecule has 0 amide bonds. The number of hydrogen-bond donors (Lipinski definition) is 1. The zero-order valence-electron chi connectivity index (χ0n) is 12.5. The highest BCUT2D eigenvalue weighted by molar-refractivity contribution is 6.30. The second kappa shape index (κ2) is 5.70. The molecule has 1 aliphatic carbocycles. The molecule has 0 unspecified atom stereocenters. The van der Waals surface area contributed by atoms with Gasteiger partial charge < -0.3 is 5.73 Å². The van der Waals surface area contributed by atoms with Crippen molar-refractivity contribution in [2.24, 2.45) is 7.05 Å². The number of nitrogen functional groups attached to an aromatic ring is 1. The molecule has 0 aliphatic heterocycles. The number of aryl methyl sites for hydroxylation is 2. The first-order valence-electron chi connectivity index (χ1n) is 7.31. The minimum Gasteiger partial charge on any atom is -0.399 e. The fourth-order valence-electron chi connectivity index (χ4n) is 2.74. The van der Waals surface area contributed by atoms with Crippen LogP contribution in [0.1, 0.15) is 29.7 Å². The van der Waals surface area contributed by atoms with E-state index in [-0.39, 0.29) is 0 Å². The molecule has 2 aromatic rings. The minimum absolute atomic E-state index is 0.655. The van der Waals surface area contributed by atoms with E-state index in [4.69, 9.17) is 17.3 Å². The Morgan fingerprint density at radius 2 is 2.14 bits per heavy atom. The van der Waals surface area contributed by atoms with Crippen LogP contribution in [0.2, 0.25) is 5.15 Å². The molecular formula is C16H21ClN4. The summed E-state index contributed by atoms with van der Waals surface area (Å²) in [5.41, 5.74) is 10.1. The van der Waals surface area contributed by atoms with Crippen LogP contribution in [0.4, 0.5) is 5.69 Å². The van der Waals surface area contributed by atoms with Gasteiger partial charge in [0.25, 0.3) is 0 Å². The molecule has 4 nitrogen and oxygen atoms in total. The number of anilines is 1. The second-order valence-electron chi connectivity index (χ2n) is 5.86. The molecule has 1 saturated carbocycles. The first kappa shape index (κ1) is 14.4. The molecule has 1 fully saturated rings. The smallest absolute Gasteiger partial charge is 0.131 e. The van der Waals surface area contributed by atoms with E-state index in [1.165, 1.54) is 18.4 Å². The lowest BCUT2D eigenvalue weighted by Gasteiger charge is -2.22. The van der Waals surface area contributed by atoms with Gasteiger partial charge in [0, 0.05) is 37.4 Å². The predicted octanol–water partition coefficient (Wildman–Crippen LogP) is 3.13. The summed E-state index contributed by atoms with van der Waals surface area (Å²) in [6.07, 6.45) is 2.53. The van der Waals surface area contributed by atoms with Crippen molar-refractivity contribution in [1.29, 1.82) is 0 Å². The third-order valence-electron chi connectivity index (χ3n) is 4.03. The van der Waals surface area contributed by atoms with Crippen LogP contribution in [-0.4, -0.2) is 20.7 Å². The lowest BCUT2D eigenvalue weighted by molar-refractivity contribution is 0.245. The standard InChI is InChI=1S/C16H21ClN4/c1-11-15(16(17)20(2)19-11)10-21(14-6-7-14)9-12-4-3-5-13(18)8-12/h3-5,8,14H,6-7,9-10,18H2,1-2H3. The van der Waals surface area contributed by atoms with E-state index in [0.717, 1.165) is 35.2 Å². The molecule has 0 atom stereocenters. The monoisotopic (exact) mass is 304 g/mol. The van der Waals surface area contributed by atoms with Crippen molar-refractivity contribution in [2.45, 2.75) is 38.9 Å². The first-order chi connectivity index (χ1) is 10.0. The lowest BCUT2D eigenvalue weighted by atomic mass is 10.1. The molecule has 0 spiro atoms. The largest absolute Gasteiger partial charge is 0.399 e. The minimum atomic E-state index is 0.655. The average Bonchev–Trinajstić information content (AvgIpc) is 3.23. The fraction of sp³-hybridized carbons (Fsp3) is 0.438. The highest BCUT2D eigenvalue weighted by Crippen LogP contribution is 2.32. The van der Waals surface area contributed by atoms with Crippen LogP contribution in [0.5, 0.6) is 0 Å². The number of halogens is 1. The molecule has 21 heavy (non-hydrogen) atoms. The number of nitrogens with two attached hydrogens (primary N) is 1. The first-order valence-corrected chi connectivity index (χ1v) is 7.69. The quantitative estimate of drug-likeness (QED) is 0.863. The van der Waals surface area contributed by atoms with E-state index < -0.39 is 0 Å². The Kier molecular flexibility index (Phi) is 3.91. The summed E-state index contributed by atoms with van der Waals surface area (Å²) < 4.78 is 1.75. The number of hydrogen-bond acceptors (Lipinski definition) is 3. The van der Waals surface area contributed by atoms with Gasteiger partial charge in [-0.2, -0.15) is 5.10 Å². The van der Waals surface area contributed by atoms with E-state index in [1.807, 2.05) is 32.2 Å². The number of aromatic nitrogens is 2. The van der Waals surface area contributed by atoms with Gasteiger partial charge in [-0.05, 0) is 37.5 Å². The predicted molar refractivity (Wildman–Crippen MR) is 86.1 cm³/mol. The van der Waals surface area contributed by atoms with Gasteiger partial charge in [-0.25, -0.2) is 0 Å². The van der Waals surface area contributed by atoms with Crippen LogP contribution >= 0.6 is 11.6 Å². The van der Waals surface area contributed by atoms with Crippen LogP contribution in [0.3, 0.4) is 0 Å². The summed E-state index contributed by atoms with van der Waals surface area (Å²) in [4.78, 5) is 2.48. The molecule has 112 valence electrons. The zero-order chi connectivity index (χ0) is 15.0. The van der Waals surface area contributed by atoms with E-state index >= 15 is 0 Å². The summed E-state index contributed by atoms with van der Waals surface area (Å²) in [7, 11) is 1.89. The summed E-state index contributed by atoms with van der Waals surface area (Å²) >= 11 is 6.37. The maximum absolute atomic E-state index is 6.37. The van der Waals surface area contributed by atoms with E-state index in [9.17, 15) is 0 Å². The Morgan fingerprint density at radius 3 is 2.71 bits per heavy atom. The third kappa shape index (κ3) is 3.22. The van der Waals surface area contributed by atoms with Crippen molar-refractivity contribution >= 4 is 17.3 Å². The van der Waals surface area contributed by atoms with E-state index in [2.05, 4.69) is 16.1 Å². The molecule has 1 aromatic carbocycles. The summed E-state index contributed by atoms with van der Waals surface area (Å²) in [5.74, 6) is 0. The normalized spacial score (nSPS) is 14.9. The van der Waals surface area contributed by atoms with Gasteiger partial charge in [-0.3, -0.25) is 9.58 Å². The van der Waals surface area contributed by atoms with Crippen LogP contribution in [0.15, 0.2) is 24.3 Å². The highest BCUT2D eigenvalue weighted by Gasteiger charge is 2.30. The highest BCUT2D eigenvalue weighted by atomic mass is 35.5. The number of rotatable bonds is 5.